The standard InChI is InChI=1S/C25H26N4O2/c1-28(2)14-4-7-24(31)21-6-3-5-20(15-21)23-16-26-25-13-12-22(27-29(23)25)19-10-8-18(17-30)9-11-19/h3,5-6,8-13,15-16,30H,4,7,14,17H2,1-2H3. The summed E-state index contributed by atoms with van der Waals surface area (Å²) in [6.07, 6.45) is 3.16. The highest BCUT2D eigenvalue weighted by atomic mass is 16.3. The Bertz CT molecular complexity index is 1200. The second-order valence-corrected chi connectivity index (χ2v) is 7.90. The zero-order valence-electron chi connectivity index (χ0n) is 17.8. The van der Waals surface area contributed by atoms with Crippen LogP contribution in [0.25, 0.3) is 28.2 Å². The average molecular weight is 415 g/mol. The summed E-state index contributed by atoms with van der Waals surface area (Å²) >= 11 is 0. The zero-order chi connectivity index (χ0) is 21.8. The average Bonchev–Trinajstić information content (AvgIpc) is 3.22. The Kier molecular flexibility index (Phi) is 6.21. The first-order valence-corrected chi connectivity index (χ1v) is 10.4. The summed E-state index contributed by atoms with van der Waals surface area (Å²) in [5, 5.41) is 14.0. The van der Waals surface area contributed by atoms with Crippen LogP contribution in [-0.2, 0) is 6.61 Å². The second kappa shape index (κ2) is 9.20. The molecule has 0 aliphatic carbocycles. The van der Waals surface area contributed by atoms with Gasteiger partial charge in [-0.1, -0.05) is 42.5 Å². The van der Waals surface area contributed by atoms with Gasteiger partial charge in [0, 0.05) is 23.1 Å². The fourth-order valence-electron chi connectivity index (χ4n) is 3.56. The number of hydrogen-bond donors (Lipinski definition) is 1. The van der Waals surface area contributed by atoms with Gasteiger partial charge in [0.15, 0.2) is 11.4 Å². The number of rotatable bonds is 8. The monoisotopic (exact) mass is 414 g/mol. The number of ketones is 1. The lowest BCUT2D eigenvalue weighted by molar-refractivity contribution is 0.0977. The van der Waals surface area contributed by atoms with E-state index in [1.807, 2.05) is 79.3 Å². The minimum Gasteiger partial charge on any atom is -0.392 e. The Morgan fingerprint density at radius 1 is 1.03 bits per heavy atom. The highest BCUT2D eigenvalue weighted by molar-refractivity contribution is 5.97. The van der Waals surface area contributed by atoms with E-state index in [-0.39, 0.29) is 12.4 Å². The van der Waals surface area contributed by atoms with Crippen molar-refractivity contribution >= 4 is 11.4 Å². The second-order valence-electron chi connectivity index (χ2n) is 7.90. The van der Waals surface area contributed by atoms with Crippen molar-refractivity contribution in [3.63, 3.8) is 0 Å². The minimum absolute atomic E-state index is 0.0165. The molecular formula is C25H26N4O2. The summed E-state index contributed by atoms with van der Waals surface area (Å²) in [5.41, 5.74) is 5.84. The molecule has 0 atom stereocenters. The fraction of sp³-hybridized carbons (Fsp3) is 0.240. The van der Waals surface area contributed by atoms with Crippen molar-refractivity contribution in [2.75, 3.05) is 20.6 Å². The normalized spacial score (nSPS) is 11.4. The summed E-state index contributed by atoms with van der Waals surface area (Å²) in [6, 6.07) is 19.2. The number of fused-ring (bicyclic) bond motifs is 1. The molecule has 0 radical (unpaired) electrons. The van der Waals surface area contributed by atoms with Crippen LogP contribution in [0.2, 0.25) is 0 Å². The van der Waals surface area contributed by atoms with Crippen molar-refractivity contribution in [1.82, 2.24) is 19.5 Å². The van der Waals surface area contributed by atoms with Crippen LogP contribution < -0.4 is 0 Å². The topological polar surface area (TPSA) is 70.7 Å². The molecule has 1 N–H and O–H groups in total. The Hall–Kier alpha value is -3.35. The Labute approximate surface area is 181 Å². The van der Waals surface area contributed by atoms with Crippen molar-refractivity contribution < 1.29 is 9.90 Å². The van der Waals surface area contributed by atoms with Crippen molar-refractivity contribution in [2.24, 2.45) is 0 Å². The number of nitrogens with zero attached hydrogens (tertiary/aromatic N) is 4. The van der Waals surface area contributed by atoms with E-state index in [1.165, 1.54) is 0 Å². The van der Waals surface area contributed by atoms with Crippen molar-refractivity contribution in [3.8, 4) is 22.5 Å². The molecule has 4 aromatic rings. The number of Topliss-reactive ketones (excluding diaryl/α,β-unsaturated/α-hetero) is 1. The van der Waals surface area contributed by atoms with Crippen LogP contribution in [0.1, 0.15) is 28.8 Å². The summed E-state index contributed by atoms with van der Waals surface area (Å²) in [5.74, 6) is 0.148. The zero-order valence-corrected chi connectivity index (χ0v) is 17.8. The maximum absolute atomic E-state index is 12.6. The molecule has 0 unspecified atom stereocenters. The third-order valence-corrected chi connectivity index (χ3v) is 5.28. The van der Waals surface area contributed by atoms with E-state index in [4.69, 9.17) is 5.10 Å². The SMILES string of the molecule is CN(C)CCCC(=O)c1cccc(-c2cnc3ccc(-c4ccc(CO)cc4)nn23)c1. The minimum atomic E-state index is 0.0165. The van der Waals surface area contributed by atoms with Gasteiger partial charge in [-0.15, -0.1) is 0 Å². The molecule has 2 aromatic carbocycles. The highest BCUT2D eigenvalue weighted by Crippen LogP contribution is 2.24. The van der Waals surface area contributed by atoms with E-state index in [0.717, 1.165) is 46.7 Å². The molecule has 6 heteroatoms. The largest absolute Gasteiger partial charge is 0.392 e. The van der Waals surface area contributed by atoms with E-state index in [2.05, 4.69) is 9.88 Å². The van der Waals surface area contributed by atoms with Gasteiger partial charge in [-0.05, 0) is 50.8 Å². The van der Waals surface area contributed by atoms with E-state index >= 15 is 0 Å². The molecule has 0 fully saturated rings. The summed E-state index contributed by atoms with van der Waals surface area (Å²) in [6.45, 7) is 0.910. The summed E-state index contributed by atoms with van der Waals surface area (Å²) in [7, 11) is 4.02. The third kappa shape index (κ3) is 4.71. The van der Waals surface area contributed by atoms with E-state index < -0.39 is 0 Å². The lowest BCUT2D eigenvalue weighted by Crippen LogP contribution is -2.14. The van der Waals surface area contributed by atoms with Gasteiger partial charge in [0.1, 0.15) is 0 Å². The number of aliphatic hydroxyl groups is 1. The Balaban J connectivity index is 1.64. The van der Waals surface area contributed by atoms with Crippen LogP contribution >= 0.6 is 0 Å². The van der Waals surface area contributed by atoms with Gasteiger partial charge in [-0.25, -0.2) is 9.50 Å². The number of carbonyl (C=O) groups is 1. The van der Waals surface area contributed by atoms with Crippen LogP contribution in [0, 0.1) is 0 Å². The van der Waals surface area contributed by atoms with Gasteiger partial charge in [-0.3, -0.25) is 4.79 Å². The van der Waals surface area contributed by atoms with Gasteiger partial charge >= 0.3 is 0 Å². The molecule has 6 nitrogen and oxygen atoms in total. The van der Waals surface area contributed by atoms with E-state index in [0.29, 0.717) is 12.0 Å². The molecule has 0 amide bonds. The van der Waals surface area contributed by atoms with Crippen molar-refractivity contribution in [1.29, 1.82) is 0 Å². The number of carbonyl (C=O) groups excluding carboxylic acids is 1. The lowest BCUT2D eigenvalue weighted by Gasteiger charge is -2.09. The molecule has 0 aliphatic rings. The number of aliphatic hydroxyl groups excluding tert-OH is 1. The molecule has 0 bridgehead atoms. The van der Waals surface area contributed by atoms with E-state index in [9.17, 15) is 9.90 Å². The quantitative estimate of drug-likeness (QED) is 0.440. The molecule has 2 aromatic heterocycles. The Morgan fingerprint density at radius 2 is 1.84 bits per heavy atom. The van der Waals surface area contributed by atoms with Gasteiger partial charge in [0.25, 0.3) is 0 Å². The summed E-state index contributed by atoms with van der Waals surface area (Å²) < 4.78 is 1.81. The summed E-state index contributed by atoms with van der Waals surface area (Å²) in [4.78, 5) is 19.2. The predicted molar refractivity (Wildman–Crippen MR) is 122 cm³/mol. The molecular weight excluding hydrogens is 388 g/mol. The molecule has 0 spiro atoms. The fourth-order valence-corrected chi connectivity index (χ4v) is 3.56. The third-order valence-electron chi connectivity index (χ3n) is 5.28. The maximum Gasteiger partial charge on any atom is 0.162 e. The molecule has 2 heterocycles. The van der Waals surface area contributed by atoms with Gasteiger partial charge in [0.2, 0.25) is 0 Å². The number of benzene rings is 2. The number of hydrogen-bond acceptors (Lipinski definition) is 5. The highest BCUT2D eigenvalue weighted by Gasteiger charge is 2.12. The van der Waals surface area contributed by atoms with Crippen LogP contribution in [-0.4, -0.2) is 51.0 Å². The molecule has 158 valence electrons. The van der Waals surface area contributed by atoms with Gasteiger partial charge < -0.3 is 10.0 Å². The Morgan fingerprint density at radius 3 is 2.58 bits per heavy atom. The van der Waals surface area contributed by atoms with E-state index in [1.54, 1.807) is 6.20 Å². The molecule has 0 saturated heterocycles. The molecule has 0 saturated carbocycles. The van der Waals surface area contributed by atoms with Crippen molar-refractivity contribution in [2.45, 2.75) is 19.4 Å². The molecule has 4 rings (SSSR count). The lowest BCUT2D eigenvalue weighted by atomic mass is 10.0. The van der Waals surface area contributed by atoms with Crippen LogP contribution in [0.15, 0.2) is 66.9 Å². The number of aromatic nitrogens is 3. The van der Waals surface area contributed by atoms with Crippen molar-refractivity contribution in [3.05, 3.63) is 78.0 Å². The van der Waals surface area contributed by atoms with Crippen LogP contribution in [0.4, 0.5) is 0 Å². The predicted octanol–water partition coefficient (Wildman–Crippen LogP) is 4.08. The van der Waals surface area contributed by atoms with Crippen LogP contribution in [0.5, 0.6) is 0 Å². The first-order chi connectivity index (χ1) is 15.0. The first kappa shape index (κ1) is 20.9. The maximum atomic E-state index is 12.6. The smallest absolute Gasteiger partial charge is 0.162 e. The molecule has 31 heavy (non-hydrogen) atoms. The first-order valence-electron chi connectivity index (χ1n) is 10.4. The molecule has 0 aliphatic heterocycles. The number of imidazole rings is 1. The van der Waals surface area contributed by atoms with Gasteiger partial charge in [-0.2, -0.15) is 5.10 Å². The van der Waals surface area contributed by atoms with Crippen LogP contribution in [0.3, 0.4) is 0 Å². The van der Waals surface area contributed by atoms with Gasteiger partial charge in [0.05, 0.1) is 24.2 Å².